The van der Waals surface area contributed by atoms with E-state index in [2.05, 4.69) is 4.98 Å². The summed E-state index contributed by atoms with van der Waals surface area (Å²) < 4.78 is 51.2. The highest BCUT2D eigenvalue weighted by atomic mass is 35.5. The zero-order valence-electron chi connectivity index (χ0n) is 9.51. The molecule has 6 heteroatoms. The van der Waals surface area contributed by atoms with E-state index in [-0.39, 0.29) is 17.1 Å². The van der Waals surface area contributed by atoms with Crippen LogP contribution in [0, 0.1) is 5.82 Å². The minimum Gasteiger partial charge on any atom is -0.245 e. The van der Waals surface area contributed by atoms with Gasteiger partial charge in [-0.1, -0.05) is 11.6 Å². The second-order valence-corrected chi connectivity index (χ2v) is 4.35. The standard InChI is InChI=1S/C13H8ClF4N/c14-12-6-8(3-4-19-12)5-9-7-10(13(16,17)18)1-2-11(9)15/h1-4,6-7H,5H2. The molecule has 2 rings (SSSR count). The van der Waals surface area contributed by atoms with Crippen LogP contribution < -0.4 is 0 Å². The number of rotatable bonds is 2. The van der Waals surface area contributed by atoms with Gasteiger partial charge in [0.2, 0.25) is 0 Å². The van der Waals surface area contributed by atoms with Crippen LogP contribution in [-0.2, 0) is 12.6 Å². The molecule has 1 nitrogen and oxygen atoms in total. The minimum atomic E-state index is -4.49. The highest BCUT2D eigenvalue weighted by Gasteiger charge is 2.31. The van der Waals surface area contributed by atoms with E-state index in [1.807, 2.05) is 0 Å². The van der Waals surface area contributed by atoms with Gasteiger partial charge in [0.05, 0.1) is 5.56 Å². The fourth-order valence-electron chi connectivity index (χ4n) is 1.66. The Hall–Kier alpha value is -1.62. The van der Waals surface area contributed by atoms with Crippen molar-refractivity contribution in [3.63, 3.8) is 0 Å². The van der Waals surface area contributed by atoms with Gasteiger partial charge in [-0.3, -0.25) is 0 Å². The molecule has 0 N–H and O–H groups in total. The lowest BCUT2D eigenvalue weighted by molar-refractivity contribution is -0.137. The molecular weight excluding hydrogens is 282 g/mol. The van der Waals surface area contributed by atoms with E-state index in [1.165, 1.54) is 12.3 Å². The predicted octanol–water partition coefficient (Wildman–Crippen LogP) is 4.48. The van der Waals surface area contributed by atoms with E-state index in [9.17, 15) is 17.6 Å². The van der Waals surface area contributed by atoms with Crippen molar-refractivity contribution in [2.24, 2.45) is 0 Å². The van der Waals surface area contributed by atoms with Crippen molar-refractivity contribution in [3.05, 3.63) is 64.2 Å². The summed E-state index contributed by atoms with van der Waals surface area (Å²) in [5, 5.41) is 0.213. The Balaban J connectivity index is 2.34. The van der Waals surface area contributed by atoms with Crippen LogP contribution in [0.5, 0.6) is 0 Å². The molecule has 1 heterocycles. The molecule has 0 fully saturated rings. The zero-order chi connectivity index (χ0) is 14.0. The van der Waals surface area contributed by atoms with Gasteiger partial charge in [-0.2, -0.15) is 13.2 Å². The first kappa shape index (κ1) is 13.8. The Bertz CT molecular complexity index is 595. The van der Waals surface area contributed by atoms with E-state index in [4.69, 9.17) is 11.6 Å². The topological polar surface area (TPSA) is 12.9 Å². The number of benzene rings is 1. The average molecular weight is 290 g/mol. The maximum absolute atomic E-state index is 13.5. The first-order valence-corrected chi connectivity index (χ1v) is 5.70. The molecule has 0 amide bonds. The Morgan fingerprint density at radius 2 is 1.84 bits per heavy atom. The predicted molar refractivity (Wildman–Crippen MR) is 63.5 cm³/mol. The summed E-state index contributed by atoms with van der Waals surface area (Å²) in [5.41, 5.74) is -0.306. The SMILES string of the molecule is Fc1ccc(C(F)(F)F)cc1Cc1ccnc(Cl)c1. The third kappa shape index (κ3) is 3.44. The van der Waals surface area contributed by atoms with Crippen molar-refractivity contribution >= 4 is 11.6 Å². The van der Waals surface area contributed by atoms with Crippen LogP contribution in [0.1, 0.15) is 16.7 Å². The minimum absolute atomic E-state index is 0.0258. The lowest BCUT2D eigenvalue weighted by Crippen LogP contribution is -2.06. The number of pyridine rings is 1. The maximum atomic E-state index is 13.5. The Morgan fingerprint density at radius 1 is 1.11 bits per heavy atom. The molecule has 0 aliphatic rings. The van der Waals surface area contributed by atoms with E-state index < -0.39 is 17.6 Å². The van der Waals surface area contributed by atoms with Gasteiger partial charge in [-0.15, -0.1) is 0 Å². The number of halogens is 5. The van der Waals surface area contributed by atoms with Crippen LogP contribution >= 0.6 is 11.6 Å². The Morgan fingerprint density at radius 3 is 2.47 bits per heavy atom. The average Bonchev–Trinajstić information content (AvgIpc) is 2.30. The number of hydrogen-bond donors (Lipinski definition) is 0. The summed E-state index contributed by atoms with van der Waals surface area (Å²) in [6.07, 6.45) is -3.04. The molecule has 19 heavy (non-hydrogen) atoms. The van der Waals surface area contributed by atoms with Gasteiger partial charge < -0.3 is 0 Å². The molecule has 0 radical (unpaired) electrons. The van der Waals surface area contributed by atoms with Crippen LogP contribution in [0.2, 0.25) is 5.15 Å². The molecule has 0 unspecified atom stereocenters. The van der Waals surface area contributed by atoms with E-state index in [0.717, 1.165) is 18.2 Å². The van der Waals surface area contributed by atoms with Crippen LogP contribution in [0.25, 0.3) is 0 Å². The monoisotopic (exact) mass is 289 g/mol. The molecule has 1 aromatic carbocycles. The first-order valence-electron chi connectivity index (χ1n) is 5.32. The van der Waals surface area contributed by atoms with Gasteiger partial charge in [-0.25, -0.2) is 9.37 Å². The summed E-state index contributed by atoms with van der Waals surface area (Å²) in [4.78, 5) is 3.75. The van der Waals surface area contributed by atoms with Crippen molar-refractivity contribution in [3.8, 4) is 0 Å². The molecule has 1 aromatic heterocycles. The largest absolute Gasteiger partial charge is 0.416 e. The Kier molecular flexibility index (Phi) is 3.75. The van der Waals surface area contributed by atoms with Gasteiger partial charge in [-0.05, 0) is 41.5 Å². The normalized spacial score (nSPS) is 11.6. The summed E-state index contributed by atoms with van der Waals surface area (Å²) in [5.74, 6) is -0.680. The lowest BCUT2D eigenvalue weighted by atomic mass is 10.0. The van der Waals surface area contributed by atoms with Crippen molar-refractivity contribution in [2.45, 2.75) is 12.6 Å². The van der Waals surface area contributed by atoms with E-state index in [1.54, 1.807) is 6.07 Å². The molecule has 0 atom stereocenters. The van der Waals surface area contributed by atoms with Gasteiger partial charge in [0.25, 0.3) is 0 Å². The molecule has 0 aliphatic heterocycles. The highest BCUT2D eigenvalue weighted by Crippen LogP contribution is 2.30. The second kappa shape index (κ2) is 5.17. The van der Waals surface area contributed by atoms with Crippen LogP contribution in [0.15, 0.2) is 36.5 Å². The van der Waals surface area contributed by atoms with Gasteiger partial charge in [0, 0.05) is 12.6 Å². The third-order valence-electron chi connectivity index (χ3n) is 2.56. The molecule has 0 aliphatic carbocycles. The van der Waals surface area contributed by atoms with Crippen molar-refractivity contribution < 1.29 is 17.6 Å². The number of hydrogen-bond acceptors (Lipinski definition) is 1. The fraction of sp³-hybridized carbons (Fsp3) is 0.154. The molecule has 0 bridgehead atoms. The zero-order valence-corrected chi connectivity index (χ0v) is 10.3. The molecule has 0 spiro atoms. The van der Waals surface area contributed by atoms with Gasteiger partial charge >= 0.3 is 6.18 Å². The second-order valence-electron chi connectivity index (χ2n) is 3.97. The summed E-state index contributed by atoms with van der Waals surface area (Å²) in [6, 6.07) is 5.41. The van der Waals surface area contributed by atoms with Gasteiger partial charge in [0.15, 0.2) is 0 Å². The quantitative estimate of drug-likeness (QED) is 0.586. The molecule has 100 valence electrons. The number of alkyl halides is 3. The number of nitrogens with zero attached hydrogens (tertiary/aromatic N) is 1. The summed E-state index contributed by atoms with van der Waals surface area (Å²) >= 11 is 5.67. The highest BCUT2D eigenvalue weighted by molar-refractivity contribution is 6.29. The smallest absolute Gasteiger partial charge is 0.245 e. The number of aromatic nitrogens is 1. The third-order valence-corrected chi connectivity index (χ3v) is 2.77. The van der Waals surface area contributed by atoms with Crippen LogP contribution in [-0.4, -0.2) is 4.98 Å². The summed E-state index contributed by atoms with van der Waals surface area (Å²) in [6.45, 7) is 0. The van der Waals surface area contributed by atoms with Crippen molar-refractivity contribution in [1.82, 2.24) is 4.98 Å². The lowest BCUT2D eigenvalue weighted by Gasteiger charge is -2.10. The van der Waals surface area contributed by atoms with Crippen molar-refractivity contribution in [1.29, 1.82) is 0 Å². The molecule has 2 aromatic rings. The fourth-order valence-corrected chi connectivity index (χ4v) is 1.86. The van der Waals surface area contributed by atoms with E-state index in [0.29, 0.717) is 5.56 Å². The first-order chi connectivity index (χ1) is 8.86. The molecular formula is C13H8ClF4N. The molecule has 0 saturated heterocycles. The van der Waals surface area contributed by atoms with Crippen LogP contribution in [0.3, 0.4) is 0 Å². The van der Waals surface area contributed by atoms with E-state index >= 15 is 0 Å². The maximum Gasteiger partial charge on any atom is 0.416 e. The summed E-state index contributed by atoms with van der Waals surface area (Å²) in [7, 11) is 0. The van der Waals surface area contributed by atoms with Crippen LogP contribution in [0.4, 0.5) is 17.6 Å². The van der Waals surface area contributed by atoms with Crippen molar-refractivity contribution in [2.75, 3.05) is 0 Å². The Labute approximate surface area is 111 Å². The molecule has 0 saturated carbocycles. The van der Waals surface area contributed by atoms with Gasteiger partial charge in [0.1, 0.15) is 11.0 Å².